The number of aliphatic hydroxyl groups is 1. The molecule has 110 valence electrons. The maximum Gasteiger partial charge on any atom is 0.191 e. The van der Waals surface area contributed by atoms with Crippen molar-refractivity contribution < 1.29 is 5.11 Å². The maximum absolute atomic E-state index is 8.86. The van der Waals surface area contributed by atoms with E-state index < -0.39 is 0 Å². The molecule has 1 heterocycles. The molecule has 2 fully saturated rings. The minimum Gasteiger partial charge on any atom is -0.394 e. The number of hydrogen-bond donors (Lipinski definition) is 3. The number of likely N-dealkylation sites (tertiary alicyclic amines) is 1. The summed E-state index contributed by atoms with van der Waals surface area (Å²) in [4.78, 5) is 6.98. The monoisotopic (exact) mass is 268 g/mol. The molecular formula is C14H28N4O. The van der Waals surface area contributed by atoms with Gasteiger partial charge in [0.25, 0.3) is 0 Å². The van der Waals surface area contributed by atoms with Crippen LogP contribution in [0, 0.1) is 0 Å². The van der Waals surface area contributed by atoms with Gasteiger partial charge in [-0.15, -0.1) is 0 Å². The van der Waals surface area contributed by atoms with E-state index in [0.29, 0.717) is 12.6 Å². The molecule has 0 radical (unpaired) electrons. The van der Waals surface area contributed by atoms with Crippen LogP contribution in [-0.2, 0) is 0 Å². The van der Waals surface area contributed by atoms with Gasteiger partial charge in [-0.05, 0) is 26.2 Å². The Morgan fingerprint density at radius 1 is 1.32 bits per heavy atom. The van der Waals surface area contributed by atoms with Crippen molar-refractivity contribution in [2.45, 2.75) is 51.1 Å². The first-order valence-electron chi connectivity index (χ1n) is 7.73. The van der Waals surface area contributed by atoms with E-state index in [0.717, 1.165) is 25.1 Å². The van der Waals surface area contributed by atoms with Crippen LogP contribution in [0.4, 0.5) is 0 Å². The molecule has 1 saturated heterocycles. The highest BCUT2D eigenvalue weighted by Crippen LogP contribution is 2.26. The van der Waals surface area contributed by atoms with Crippen molar-refractivity contribution in [3.63, 3.8) is 0 Å². The molecule has 3 N–H and O–H groups in total. The number of aliphatic imine (C=N–C) groups is 1. The fraction of sp³-hybridized carbons (Fsp3) is 0.929. The van der Waals surface area contributed by atoms with E-state index >= 15 is 0 Å². The van der Waals surface area contributed by atoms with E-state index in [4.69, 9.17) is 5.11 Å². The van der Waals surface area contributed by atoms with Gasteiger partial charge in [-0.2, -0.15) is 0 Å². The average molecular weight is 268 g/mol. The first-order chi connectivity index (χ1) is 9.33. The van der Waals surface area contributed by atoms with Crippen molar-refractivity contribution in [2.24, 2.45) is 4.99 Å². The zero-order valence-corrected chi connectivity index (χ0v) is 12.1. The minimum atomic E-state index is 0.107. The Balaban J connectivity index is 1.78. The average Bonchev–Trinajstić information content (AvgIpc) is 3.06. The van der Waals surface area contributed by atoms with Crippen LogP contribution < -0.4 is 10.6 Å². The number of hydrogen-bond acceptors (Lipinski definition) is 3. The predicted octanol–water partition coefficient (Wildman–Crippen LogP) is 0.551. The van der Waals surface area contributed by atoms with Gasteiger partial charge < -0.3 is 15.7 Å². The molecule has 0 amide bonds. The summed E-state index contributed by atoms with van der Waals surface area (Å²) in [5, 5.41) is 15.6. The van der Waals surface area contributed by atoms with E-state index in [1.54, 1.807) is 0 Å². The van der Waals surface area contributed by atoms with Crippen LogP contribution in [0.3, 0.4) is 0 Å². The summed E-state index contributed by atoms with van der Waals surface area (Å²) < 4.78 is 0. The van der Waals surface area contributed by atoms with Gasteiger partial charge >= 0.3 is 0 Å². The van der Waals surface area contributed by atoms with Crippen molar-refractivity contribution in [3.8, 4) is 0 Å². The molecule has 0 aromatic heterocycles. The molecule has 0 bridgehead atoms. The third-order valence-electron chi connectivity index (χ3n) is 4.12. The second-order valence-corrected chi connectivity index (χ2v) is 5.55. The van der Waals surface area contributed by atoms with Crippen molar-refractivity contribution in [1.82, 2.24) is 15.5 Å². The summed E-state index contributed by atoms with van der Waals surface area (Å²) in [5.41, 5.74) is 0. The van der Waals surface area contributed by atoms with Crippen LogP contribution in [0.15, 0.2) is 4.99 Å². The summed E-state index contributed by atoms with van der Waals surface area (Å²) in [6.45, 7) is 5.84. The van der Waals surface area contributed by atoms with Crippen LogP contribution in [-0.4, -0.2) is 60.8 Å². The summed E-state index contributed by atoms with van der Waals surface area (Å²) >= 11 is 0. The summed E-state index contributed by atoms with van der Waals surface area (Å²) in [6, 6.07) is 1.32. The first kappa shape index (κ1) is 14.6. The van der Waals surface area contributed by atoms with Gasteiger partial charge in [0.15, 0.2) is 5.96 Å². The smallest absolute Gasteiger partial charge is 0.191 e. The maximum atomic E-state index is 8.86. The van der Waals surface area contributed by atoms with Crippen molar-refractivity contribution in [1.29, 1.82) is 0 Å². The lowest BCUT2D eigenvalue weighted by Crippen LogP contribution is -2.45. The Morgan fingerprint density at radius 3 is 2.79 bits per heavy atom. The van der Waals surface area contributed by atoms with Gasteiger partial charge in [0, 0.05) is 31.7 Å². The Hall–Kier alpha value is -0.810. The van der Waals surface area contributed by atoms with Crippen LogP contribution in [0.5, 0.6) is 0 Å². The van der Waals surface area contributed by atoms with Crippen LogP contribution >= 0.6 is 0 Å². The molecule has 1 aliphatic carbocycles. The van der Waals surface area contributed by atoms with Crippen molar-refractivity contribution >= 4 is 5.96 Å². The Kier molecular flexibility index (Phi) is 5.92. The highest BCUT2D eigenvalue weighted by atomic mass is 16.3. The molecule has 1 atom stereocenters. The number of nitrogens with one attached hydrogen (secondary N) is 2. The lowest BCUT2D eigenvalue weighted by molar-refractivity contribution is 0.242. The summed E-state index contributed by atoms with van der Waals surface area (Å²) in [5.74, 6) is 0.842. The van der Waals surface area contributed by atoms with Gasteiger partial charge in [-0.1, -0.05) is 12.8 Å². The number of guanidine groups is 1. The van der Waals surface area contributed by atoms with Gasteiger partial charge in [0.2, 0.25) is 0 Å². The zero-order valence-electron chi connectivity index (χ0n) is 12.1. The molecule has 0 aromatic rings. The number of rotatable bonds is 5. The Morgan fingerprint density at radius 2 is 2.11 bits per heavy atom. The zero-order chi connectivity index (χ0) is 13.5. The fourth-order valence-electron chi connectivity index (χ4n) is 3.18. The van der Waals surface area contributed by atoms with E-state index in [2.05, 4.69) is 27.4 Å². The quantitative estimate of drug-likeness (QED) is 0.503. The lowest BCUT2D eigenvalue weighted by atomic mass is 10.2. The van der Waals surface area contributed by atoms with E-state index in [-0.39, 0.29) is 6.61 Å². The van der Waals surface area contributed by atoms with Crippen LogP contribution in [0.2, 0.25) is 0 Å². The van der Waals surface area contributed by atoms with Gasteiger partial charge in [0.05, 0.1) is 13.2 Å². The largest absolute Gasteiger partial charge is 0.394 e. The van der Waals surface area contributed by atoms with E-state index in [1.165, 1.54) is 38.6 Å². The predicted molar refractivity (Wildman–Crippen MR) is 78.4 cm³/mol. The highest BCUT2D eigenvalue weighted by Gasteiger charge is 2.30. The molecular weight excluding hydrogens is 240 g/mol. The minimum absolute atomic E-state index is 0.107. The number of aliphatic hydroxyl groups excluding tert-OH is 1. The Labute approximate surface area is 116 Å². The third-order valence-corrected chi connectivity index (χ3v) is 4.12. The van der Waals surface area contributed by atoms with Gasteiger partial charge in [-0.25, -0.2) is 0 Å². The van der Waals surface area contributed by atoms with Gasteiger partial charge in [-0.3, -0.25) is 9.89 Å². The molecule has 1 aliphatic heterocycles. The SMILES string of the molecule is CCNC(=NCCO)NC1CCN(C2CCCC2)C1. The van der Waals surface area contributed by atoms with Crippen LogP contribution in [0.1, 0.15) is 39.0 Å². The molecule has 19 heavy (non-hydrogen) atoms. The van der Waals surface area contributed by atoms with E-state index in [9.17, 15) is 0 Å². The fourth-order valence-corrected chi connectivity index (χ4v) is 3.18. The Bertz CT molecular complexity index is 289. The molecule has 1 saturated carbocycles. The standard InChI is InChI=1S/C14H28N4O/c1-2-15-14(16-8-10-19)17-12-7-9-18(11-12)13-5-3-4-6-13/h12-13,19H,2-11H2,1H3,(H2,15,16,17). The van der Waals surface area contributed by atoms with E-state index in [1.807, 2.05) is 0 Å². The van der Waals surface area contributed by atoms with Crippen LogP contribution in [0.25, 0.3) is 0 Å². The highest BCUT2D eigenvalue weighted by molar-refractivity contribution is 5.80. The number of nitrogens with zero attached hydrogens (tertiary/aromatic N) is 2. The molecule has 2 aliphatic rings. The molecule has 0 spiro atoms. The second-order valence-electron chi connectivity index (χ2n) is 5.55. The normalized spacial score (nSPS) is 26.0. The summed E-state index contributed by atoms with van der Waals surface area (Å²) in [6.07, 6.45) is 6.76. The molecule has 2 rings (SSSR count). The molecule has 0 aromatic carbocycles. The van der Waals surface area contributed by atoms with Gasteiger partial charge in [0.1, 0.15) is 0 Å². The molecule has 1 unspecified atom stereocenters. The topological polar surface area (TPSA) is 59.9 Å². The molecule has 5 nitrogen and oxygen atoms in total. The lowest BCUT2D eigenvalue weighted by Gasteiger charge is -2.24. The second kappa shape index (κ2) is 7.70. The van der Waals surface area contributed by atoms with Crippen molar-refractivity contribution in [2.75, 3.05) is 32.8 Å². The molecule has 5 heteroatoms. The third kappa shape index (κ3) is 4.35. The summed E-state index contributed by atoms with van der Waals surface area (Å²) in [7, 11) is 0. The van der Waals surface area contributed by atoms with Crippen molar-refractivity contribution in [3.05, 3.63) is 0 Å². The first-order valence-corrected chi connectivity index (χ1v) is 7.73.